The van der Waals surface area contributed by atoms with Gasteiger partial charge in [-0.05, 0) is 41.6 Å². The van der Waals surface area contributed by atoms with Gasteiger partial charge in [0, 0.05) is 21.4 Å². The molecule has 104 valence electrons. The zero-order valence-corrected chi connectivity index (χ0v) is 14.1. The number of aromatic nitrogens is 2. The van der Waals surface area contributed by atoms with Crippen molar-refractivity contribution in [2.75, 3.05) is 0 Å². The molecular weight excluding hydrogens is 398 g/mol. The summed E-state index contributed by atoms with van der Waals surface area (Å²) in [5.74, 6) is 0. The molecule has 0 saturated heterocycles. The van der Waals surface area contributed by atoms with Crippen LogP contribution >= 0.6 is 22.6 Å². The van der Waals surface area contributed by atoms with Crippen molar-refractivity contribution < 1.29 is 8.42 Å². The molecule has 0 amide bonds. The number of rotatable bonds is 2. The Hall–Kier alpha value is -1.35. The van der Waals surface area contributed by atoms with Gasteiger partial charge in [0.1, 0.15) is 7.85 Å². The van der Waals surface area contributed by atoms with Crippen molar-refractivity contribution in [2.45, 2.75) is 11.8 Å². The van der Waals surface area contributed by atoms with Gasteiger partial charge in [0.05, 0.1) is 4.90 Å². The minimum atomic E-state index is -3.67. The Morgan fingerprint density at radius 2 is 1.90 bits per heavy atom. The van der Waals surface area contributed by atoms with E-state index in [0.717, 1.165) is 14.5 Å². The Labute approximate surface area is 137 Å². The van der Waals surface area contributed by atoms with E-state index < -0.39 is 10.0 Å². The van der Waals surface area contributed by atoms with E-state index in [1.807, 2.05) is 6.92 Å². The summed E-state index contributed by atoms with van der Waals surface area (Å²) in [5, 5.41) is 0.728. The maximum Gasteiger partial charge on any atom is 0.269 e. The van der Waals surface area contributed by atoms with Gasteiger partial charge in [0.25, 0.3) is 10.0 Å². The van der Waals surface area contributed by atoms with Gasteiger partial charge in [0.15, 0.2) is 5.65 Å². The van der Waals surface area contributed by atoms with Crippen LogP contribution in [-0.2, 0) is 10.0 Å². The summed E-state index contributed by atoms with van der Waals surface area (Å²) in [5.41, 5.74) is 1.90. The van der Waals surface area contributed by atoms with Crippen molar-refractivity contribution in [3.63, 3.8) is 0 Å². The standard InChI is InChI=1S/C14H10BIN2O2S/c1-9-2-4-11(5-3-9)21(19,20)18-8-13(16)12-6-10(15)7-17-14(12)18/h2-8H,1H3. The predicted octanol–water partition coefficient (Wildman–Crippen LogP) is 1.98. The van der Waals surface area contributed by atoms with Gasteiger partial charge in [-0.25, -0.2) is 17.4 Å². The van der Waals surface area contributed by atoms with Crippen LogP contribution in [0.1, 0.15) is 5.56 Å². The Balaban J connectivity index is 2.26. The number of hydrogen-bond acceptors (Lipinski definition) is 3. The van der Waals surface area contributed by atoms with E-state index in [0.29, 0.717) is 11.1 Å². The van der Waals surface area contributed by atoms with Gasteiger partial charge in [-0.3, -0.25) is 0 Å². The van der Waals surface area contributed by atoms with E-state index in [4.69, 9.17) is 7.85 Å². The second kappa shape index (κ2) is 5.13. The van der Waals surface area contributed by atoms with Gasteiger partial charge in [-0.2, -0.15) is 0 Å². The van der Waals surface area contributed by atoms with E-state index in [1.165, 1.54) is 10.2 Å². The average molecular weight is 408 g/mol. The number of nitrogens with zero attached hydrogens (tertiary/aromatic N) is 2. The largest absolute Gasteiger partial charge is 0.269 e. The van der Waals surface area contributed by atoms with Crippen LogP contribution in [-0.4, -0.2) is 25.2 Å². The second-order valence-corrected chi connectivity index (χ2v) is 7.71. The van der Waals surface area contributed by atoms with Crippen LogP contribution in [0.3, 0.4) is 0 Å². The zero-order valence-electron chi connectivity index (χ0n) is 11.1. The Morgan fingerprint density at radius 3 is 2.57 bits per heavy atom. The molecule has 4 nitrogen and oxygen atoms in total. The third-order valence-electron chi connectivity index (χ3n) is 3.16. The highest BCUT2D eigenvalue weighted by atomic mass is 127. The third kappa shape index (κ3) is 2.48. The lowest BCUT2D eigenvalue weighted by atomic mass is 9.98. The van der Waals surface area contributed by atoms with Gasteiger partial charge in [-0.15, -0.1) is 0 Å². The molecule has 0 bridgehead atoms. The monoisotopic (exact) mass is 408 g/mol. The van der Waals surface area contributed by atoms with Crippen molar-refractivity contribution in [1.29, 1.82) is 0 Å². The molecule has 0 fully saturated rings. The average Bonchev–Trinajstić information content (AvgIpc) is 2.77. The van der Waals surface area contributed by atoms with Crippen molar-refractivity contribution in [3.8, 4) is 0 Å². The highest BCUT2D eigenvalue weighted by molar-refractivity contribution is 14.1. The first kappa shape index (κ1) is 14.6. The van der Waals surface area contributed by atoms with Crippen LogP contribution in [0.15, 0.2) is 47.6 Å². The van der Waals surface area contributed by atoms with E-state index in [1.54, 1.807) is 36.5 Å². The van der Waals surface area contributed by atoms with Crippen molar-refractivity contribution in [2.24, 2.45) is 0 Å². The Morgan fingerprint density at radius 1 is 1.24 bits per heavy atom. The summed E-state index contributed by atoms with van der Waals surface area (Å²) in [6.07, 6.45) is 3.02. The fourth-order valence-electron chi connectivity index (χ4n) is 2.07. The molecule has 7 heteroatoms. The molecule has 0 aliphatic rings. The first-order chi connectivity index (χ1) is 9.89. The molecule has 2 radical (unpaired) electrons. The van der Waals surface area contributed by atoms with E-state index >= 15 is 0 Å². The minimum absolute atomic E-state index is 0.236. The predicted molar refractivity (Wildman–Crippen MR) is 91.6 cm³/mol. The van der Waals surface area contributed by atoms with Crippen LogP contribution < -0.4 is 5.46 Å². The summed E-state index contributed by atoms with van der Waals surface area (Å²) in [7, 11) is 2.05. The van der Waals surface area contributed by atoms with Crippen LogP contribution in [0.5, 0.6) is 0 Å². The maximum atomic E-state index is 12.7. The highest BCUT2D eigenvalue weighted by Crippen LogP contribution is 2.25. The lowest BCUT2D eigenvalue weighted by Crippen LogP contribution is -2.13. The first-order valence-corrected chi connectivity index (χ1v) is 8.66. The van der Waals surface area contributed by atoms with Gasteiger partial charge >= 0.3 is 0 Å². The molecule has 0 saturated carbocycles. The van der Waals surface area contributed by atoms with Crippen LogP contribution in [0.25, 0.3) is 11.0 Å². The van der Waals surface area contributed by atoms with Crippen molar-refractivity contribution >= 4 is 57.0 Å². The molecule has 0 unspecified atom stereocenters. The maximum absolute atomic E-state index is 12.7. The summed E-state index contributed by atoms with van der Waals surface area (Å²) in [6.45, 7) is 1.91. The van der Waals surface area contributed by atoms with Crippen molar-refractivity contribution in [1.82, 2.24) is 8.96 Å². The first-order valence-electron chi connectivity index (χ1n) is 6.14. The number of hydrogen-bond donors (Lipinski definition) is 0. The number of fused-ring (bicyclic) bond motifs is 1. The molecule has 21 heavy (non-hydrogen) atoms. The highest BCUT2D eigenvalue weighted by Gasteiger charge is 2.21. The van der Waals surface area contributed by atoms with E-state index in [-0.39, 0.29) is 4.90 Å². The SMILES string of the molecule is [B]c1cnc2c(c1)c(I)cn2S(=O)(=O)c1ccc(C)cc1. The van der Waals surface area contributed by atoms with E-state index in [9.17, 15) is 8.42 Å². The molecule has 3 aromatic rings. The molecule has 0 N–H and O–H groups in total. The minimum Gasteiger partial charge on any atom is -0.238 e. The van der Waals surface area contributed by atoms with Crippen LogP contribution in [0.4, 0.5) is 0 Å². The number of pyridine rings is 1. The van der Waals surface area contributed by atoms with Crippen LogP contribution in [0.2, 0.25) is 0 Å². The van der Waals surface area contributed by atoms with Gasteiger partial charge < -0.3 is 0 Å². The lowest BCUT2D eigenvalue weighted by molar-refractivity contribution is 0.588. The fourth-order valence-corrected chi connectivity index (χ4v) is 4.25. The summed E-state index contributed by atoms with van der Waals surface area (Å²) >= 11 is 2.08. The van der Waals surface area contributed by atoms with Gasteiger partial charge in [-0.1, -0.05) is 29.2 Å². The summed E-state index contributed by atoms with van der Waals surface area (Å²) < 4.78 is 27.5. The Kier molecular flexibility index (Phi) is 3.57. The topological polar surface area (TPSA) is 52.0 Å². The molecule has 0 aliphatic heterocycles. The number of halogens is 1. The Bertz CT molecular complexity index is 934. The van der Waals surface area contributed by atoms with Crippen molar-refractivity contribution in [3.05, 3.63) is 51.9 Å². The molecule has 2 aromatic heterocycles. The number of aryl methyl sites for hydroxylation is 1. The fraction of sp³-hybridized carbons (Fsp3) is 0.0714. The molecule has 3 rings (SSSR count). The molecule has 0 spiro atoms. The molecule has 0 atom stereocenters. The summed E-state index contributed by atoms with van der Waals surface area (Å²) in [6, 6.07) is 8.47. The normalized spacial score (nSPS) is 11.9. The number of benzene rings is 1. The van der Waals surface area contributed by atoms with Crippen LogP contribution in [0, 0.1) is 10.5 Å². The lowest BCUT2D eigenvalue weighted by Gasteiger charge is -2.07. The van der Waals surface area contributed by atoms with Gasteiger partial charge in [0.2, 0.25) is 0 Å². The summed E-state index contributed by atoms with van der Waals surface area (Å²) in [4.78, 5) is 4.40. The molecular formula is C14H10BIN2O2S. The third-order valence-corrected chi connectivity index (χ3v) is 5.69. The molecule has 0 aliphatic carbocycles. The molecule has 2 heterocycles. The molecule has 1 aromatic carbocycles. The van der Waals surface area contributed by atoms with E-state index in [2.05, 4.69) is 27.6 Å². The zero-order chi connectivity index (χ0) is 15.2. The second-order valence-electron chi connectivity index (χ2n) is 4.73. The quantitative estimate of drug-likeness (QED) is 0.482. The smallest absolute Gasteiger partial charge is 0.238 e.